The maximum Gasteiger partial charge on any atom is 0.333 e. The minimum Gasteiger partial charge on any atom is -0.507 e. The van der Waals surface area contributed by atoms with Gasteiger partial charge < -0.3 is 24.4 Å². The van der Waals surface area contributed by atoms with Gasteiger partial charge in [0, 0.05) is 17.1 Å². The van der Waals surface area contributed by atoms with E-state index in [0.717, 1.165) is 11.1 Å². The summed E-state index contributed by atoms with van der Waals surface area (Å²) in [5.74, 6) is 0.308. The second kappa shape index (κ2) is 6.84. The first kappa shape index (κ1) is 18.1. The van der Waals surface area contributed by atoms with E-state index in [1.165, 1.54) is 0 Å². The van der Waals surface area contributed by atoms with Crippen LogP contribution >= 0.6 is 0 Å². The Balaban J connectivity index is 1.77. The summed E-state index contributed by atoms with van der Waals surface area (Å²) >= 11 is 0. The summed E-state index contributed by atoms with van der Waals surface area (Å²) in [5, 5.41) is 20.9. The molecule has 2 N–H and O–H groups in total. The molecule has 0 aromatic heterocycles. The van der Waals surface area contributed by atoms with Gasteiger partial charge in [-0.1, -0.05) is 30.3 Å². The molecule has 6 nitrogen and oxygen atoms in total. The Morgan fingerprint density at radius 3 is 2.53 bits per heavy atom. The van der Waals surface area contributed by atoms with Gasteiger partial charge in [-0.2, -0.15) is 0 Å². The zero-order valence-corrected chi connectivity index (χ0v) is 16.1. The molecule has 150 valence electrons. The van der Waals surface area contributed by atoms with Crippen LogP contribution in [0.2, 0.25) is 0 Å². The van der Waals surface area contributed by atoms with Gasteiger partial charge in [0.1, 0.15) is 11.5 Å². The van der Waals surface area contributed by atoms with Crippen molar-refractivity contribution in [3.05, 3.63) is 88.5 Å². The van der Waals surface area contributed by atoms with Gasteiger partial charge in [-0.25, -0.2) is 4.79 Å². The summed E-state index contributed by atoms with van der Waals surface area (Å²) < 4.78 is 16.1. The highest BCUT2D eigenvalue weighted by Crippen LogP contribution is 2.52. The summed E-state index contributed by atoms with van der Waals surface area (Å²) in [4.78, 5) is 12.5. The molecule has 1 heterocycles. The van der Waals surface area contributed by atoms with Crippen LogP contribution in [0, 0.1) is 0 Å². The molecular formula is C24H18O6. The molecular weight excluding hydrogens is 384 g/mol. The summed E-state index contributed by atoms with van der Waals surface area (Å²) in [7, 11) is 1.58. The van der Waals surface area contributed by atoms with Crippen molar-refractivity contribution in [2.24, 2.45) is 0 Å². The van der Waals surface area contributed by atoms with E-state index in [9.17, 15) is 15.0 Å². The molecule has 0 fully saturated rings. The maximum absolute atomic E-state index is 12.5. The highest BCUT2D eigenvalue weighted by atomic mass is 16.7. The van der Waals surface area contributed by atoms with Crippen LogP contribution in [-0.2, 0) is 4.79 Å². The largest absolute Gasteiger partial charge is 0.507 e. The average Bonchev–Trinajstić information content (AvgIpc) is 3.36. The number of fused-ring (bicyclic) bond motifs is 2. The Kier molecular flexibility index (Phi) is 4.13. The number of methoxy groups -OCH3 is 1. The van der Waals surface area contributed by atoms with Gasteiger partial charge in [-0.3, -0.25) is 0 Å². The Hall–Kier alpha value is -3.93. The summed E-state index contributed by atoms with van der Waals surface area (Å²) in [6, 6.07) is 17.8. The van der Waals surface area contributed by atoms with Gasteiger partial charge in [0.2, 0.25) is 6.79 Å². The van der Waals surface area contributed by atoms with Crippen molar-refractivity contribution < 1.29 is 29.2 Å². The molecule has 0 amide bonds. The number of ether oxygens (including phenoxy) is 3. The minimum absolute atomic E-state index is 0.0370. The molecule has 0 spiro atoms. The third-order valence-electron chi connectivity index (χ3n) is 5.53. The van der Waals surface area contributed by atoms with Crippen molar-refractivity contribution in [2.45, 2.75) is 5.92 Å². The van der Waals surface area contributed by atoms with Gasteiger partial charge in [-0.15, -0.1) is 0 Å². The van der Waals surface area contributed by atoms with E-state index in [2.05, 4.69) is 0 Å². The van der Waals surface area contributed by atoms with E-state index in [0.29, 0.717) is 33.9 Å². The molecule has 0 saturated carbocycles. The van der Waals surface area contributed by atoms with Crippen LogP contribution in [0.1, 0.15) is 28.2 Å². The number of benzene rings is 3. The van der Waals surface area contributed by atoms with E-state index >= 15 is 0 Å². The number of hydrogen-bond acceptors (Lipinski definition) is 5. The lowest BCUT2D eigenvalue weighted by molar-refractivity contribution is -0.132. The molecule has 1 aliphatic heterocycles. The average molecular weight is 402 g/mol. The summed E-state index contributed by atoms with van der Waals surface area (Å²) in [6.45, 7) is 0.125. The molecule has 0 bridgehead atoms. The van der Waals surface area contributed by atoms with Crippen LogP contribution in [0.15, 0.2) is 66.2 Å². The quantitative estimate of drug-likeness (QED) is 0.682. The molecule has 0 radical (unpaired) electrons. The first-order valence-corrected chi connectivity index (χ1v) is 9.42. The van der Waals surface area contributed by atoms with Crippen molar-refractivity contribution in [3.63, 3.8) is 0 Å². The molecule has 6 heteroatoms. The van der Waals surface area contributed by atoms with Crippen molar-refractivity contribution in [3.8, 4) is 23.0 Å². The van der Waals surface area contributed by atoms with Crippen LogP contribution in [0.5, 0.6) is 23.0 Å². The predicted octanol–water partition coefficient (Wildman–Crippen LogP) is 4.16. The molecule has 1 atom stereocenters. The fraction of sp³-hybridized carbons (Fsp3) is 0.125. The zero-order valence-electron chi connectivity index (χ0n) is 16.1. The smallest absolute Gasteiger partial charge is 0.333 e. The fourth-order valence-electron chi connectivity index (χ4n) is 4.23. The second-order valence-corrected chi connectivity index (χ2v) is 7.11. The van der Waals surface area contributed by atoms with Crippen LogP contribution in [0.4, 0.5) is 0 Å². The third-order valence-corrected chi connectivity index (χ3v) is 5.53. The third kappa shape index (κ3) is 2.69. The number of carboxylic acids is 1. The van der Waals surface area contributed by atoms with Crippen LogP contribution in [-0.4, -0.2) is 30.1 Å². The molecule has 1 unspecified atom stereocenters. The van der Waals surface area contributed by atoms with Crippen molar-refractivity contribution in [2.75, 3.05) is 13.9 Å². The molecule has 1 aliphatic carbocycles. The first-order chi connectivity index (χ1) is 14.6. The monoisotopic (exact) mass is 402 g/mol. The van der Waals surface area contributed by atoms with E-state index in [1.54, 1.807) is 49.6 Å². The SMILES string of the molecule is COc1ccc(C2C(C(=O)O)=C(c3ccc4c(c3)OCO4)c3c(O)cccc32)cc1. The van der Waals surface area contributed by atoms with E-state index in [-0.39, 0.29) is 18.1 Å². The van der Waals surface area contributed by atoms with Gasteiger partial charge >= 0.3 is 5.97 Å². The van der Waals surface area contributed by atoms with Gasteiger partial charge in [-0.05, 0) is 47.0 Å². The van der Waals surface area contributed by atoms with Crippen molar-refractivity contribution in [1.29, 1.82) is 0 Å². The van der Waals surface area contributed by atoms with Crippen molar-refractivity contribution in [1.82, 2.24) is 0 Å². The topological polar surface area (TPSA) is 85.2 Å². The number of aromatic hydroxyl groups is 1. The number of rotatable bonds is 4. The Labute approximate surface area is 172 Å². The highest BCUT2D eigenvalue weighted by Gasteiger charge is 2.39. The number of hydrogen-bond donors (Lipinski definition) is 2. The number of aliphatic carboxylic acids is 1. The molecule has 5 rings (SSSR count). The van der Waals surface area contributed by atoms with E-state index in [1.807, 2.05) is 18.2 Å². The highest BCUT2D eigenvalue weighted by molar-refractivity contribution is 6.07. The molecule has 3 aromatic carbocycles. The van der Waals surface area contributed by atoms with Crippen LogP contribution < -0.4 is 14.2 Å². The second-order valence-electron chi connectivity index (χ2n) is 7.11. The molecule has 3 aromatic rings. The minimum atomic E-state index is -1.04. The first-order valence-electron chi connectivity index (χ1n) is 9.42. The predicted molar refractivity (Wildman–Crippen MR) is 109 cm³/mol. The summed E-state index contributed by atoms with van der Waals surface area (Å²) in [6.07, 6.45) is 0. The van der Waals surface area contributed by atoms with Crippen LogP contribution in [0.25, 0.3) is 5.57 Å². The lowest BCUT2D eigenvalue weighted by Gasteiger charge is -2.15. The normalized spacial score (nSPS) is 16.5. The van der Waals surface area contributed by atoms with Gasteiger partial charge in [0.15, 0.2) is 11.5 Å². The standard InChI is InChI=1S/C24H18O6/c1-28-15-8-5-13(6-9-15)20-16-3-2-4-17(25)22(16)21(23(20)24(26)27)14-7-10-18-19(11-14)30-12-29-18/h2-11,20,25H,12H2,1H3,(H,26,27). The Morgan fingerprint density at radius 1 is 1.03 bits per heavy atom. The lowest BCUT2D eigenvalue weighted by atomic mass is 9.88. The van der Waals surface area contributed by atoms with Gasteiger partial charge in [0.05, 0.1) is 12.7 Å². The maximum atomic E-state index is 12.5. The van der Waals surface area contributed by atoms with E-state index < -0.39 is 11.9 Å². The molecule has 30 heavy (non-hydrogen) atoms. The fourth-order valence-corrected chi connectivity index (χ4v) is 4.23. The number of phenolic OH excluding ortho intramolecular Hbond substituents is 1. The van der Waals surface area contributed by atoms with Gasteiger partial charge in [0.25, 0.3) is 0 Å². The lowest BCUT2D eigenvalue weighted by Crippen LogP contribution is -2.10. The van der Waals surface area contributed by atoms with Crippen LogP contribution in [0.3, 0.4) is 0 Å². The molecule has 0 saturated heterocycles. The zero-order chi connectivity index (χ0) is 20.8. The Morgan fingerprint density at radius 2 is 1.80 bits per heavy atom. The Bertz CT molecular complexity index is 1190. The van der Waals surface area contributed by atoms with E-state index in [4.69, 9.17) is 14.2 Å². The summed E-state index contributed by atoms with van der Waals surface area (Å²) in [5.41, 5.74) is 3.40. The van der Waals surface area contributed by atoms with Crippen molar-refractivity contribution >= 4 is 11.5 Å². The number of carboxylic acid groups (broad SMARTS) is 1. The molecule has 2 aliphatic rings. The number of phenols is 1. The number of carbonyl (C=O) groups is 1.